The first-order valence-corrected chi connectivity index (χ1v) is 53.3. The maximum Gasteiger partial charge on any atom is 0.115 e. The zero-order chi connectivity index (χ0) is 110. The zero-order valence-electron chi connectivity index (χ0n) is 99.8. The van der Waals surface area contributed by atoms with Crippen molar-refractivity contribution in [2.24, 2.45) is 10.1 Å². The smallest absolute Gasteiger partial charge is 0.115 e. The third-order valence-electron chi connectivity index (χ3n) is 8.47. The fourth-order valence-corrected chi connectivity index (χ4v) is 4.91. The minimum atomic E-state index is 0. The summed E-state index contributed by atoms with van der Waals surface area (Å²) in [5.41, 5.74) is 2.79. The second kappa shape index (κ2) is 538. The van der Waals surface area contributed by atoms with E-state index in [9.17, 15) is 0 Å². The number of dihydropyridines is 1. The van der Waals surface area contributed by atoms with Gasteiger partial charge in [0.2, 0.25) is 0 Å². The van der Waals surface area contributed by atoms with Crippen LogP contribution < -0.4 is 42.6 Å². The molecule has 0 radical (unpaired) electrons. The molecular formula is C123H302N22. The van der Waals surface area contributed by atoms with Crippen molar-refractivity contribution in [3.05, 3.63) is 215 Å². The minimum Gasteiger partial charge on any atom is -0.391 e. The van der Waals surface area contributed by atoms with Gasteiger partial charge in [0.15, 0.2) is 0 Å². The van der Waals surface area contributed by atoms with Gasteiger partial charge in [-0.3, -0.25) is 25.0 Å². The number of aromatic nitrogens is 12. The van der Waals surface area contributed by atoms with E-state index in [1.807, 2.05) is 473 Å². The lowest BCUT2D eigenvalue weighted by Gasteiger charge is -2.08. The van der Waals surface area contributed by atoms with E-state index in [1.165, 1.54) is 45.1 Å². The van der Waals surface area contributed by atoms with Crippen molar-refractivity contribution in [1.82, 2.24) is 103 Å². The standard InChI is InChI=1S/C5H11N.C5H7N.C5H5N.3C4H4N2.2C4H7N.C4H5N.C3H8N2.C3H6N2.C3H4N2.C3H6N2.C3H4N2.28C2H6.13CH4/c3*1-2-4-6-5-3-1;1-2-6-4-3-5-1;1-2-5-4-6-3-1;1-2-4-6-5-3-1;3*1-2-4-5-3-1;3*1-2-5-3-4-1;2*1-2-4-5-3-1;28*1-2;;;;;;;;;;;;;/h6H,1-5H2;2-6H,1H2;1-5H;3*1-4H;1,3,5H,2,4H2;1-2,5H,3-4H2;1-5H;4-5H,1-3H2;3H,1-2H2,(H,4,5);1-3H,(H,4,5);2,5H,1,3H2;1-3H,(H,4,5);28*1-2H3;13*1H4. The molecule has 904 valence electrons. The second-order valence-electron chi connectivity index (χ2n) is 14.6. The predicted octanol–water partition coefficient (Wildman–Crippen LogP) is 42.5. The molecule has 0 atom stereocenters. The van der Waals surface area contributed by atoms with Gasteiger partial charge < -0.3 is 52.6 Å². The fraction of sp³-hybridized carbons (Fsp3) is 0.699. The van der Waals surface area contributed by atoms with Crippen molar-refractivity contribution >= 4 is 12.6 Å². The Kier molecular flexibility index (Phi) is 1020. The Morgan fingerprint density at radius 1 is 0.234 bits per heavy atom. The van der Waals surface area contributed by atoms with E-state index < -0.39 is 0 Å². The summed E-state index contributed by atoms with van der Waals surface area (Å²) in [5.74, 6) is 0. The number of hydrogen-bond acceptors (Lipinski definition) is 19. The summed E-state index contributed by atoms with van der Waals surface area (Å²) in [6.07, 6.45) is 58.1. The van der Waals surface area contributed by atoms with Gasteiger partial charge in [-0.15, -0.1) is 0 Å². The molecule has 7 aromatic rings. The van der Waals surface area contributed by atoms with Crippen LogP contribution in [0.15, 0.2) is 225 Å². The number of nitrogens with zero attached hydrogens (tertiary/aromatic N) is 11. The normalized spacial score (nSPS) is 8.55. The average Bonchev–Trinajstić information content (AvgIpc) is 2.06. The van der Waals surface area contributed by atoms with E-state index in [2.05, 4.69) is 143 Å². The SMILES string of the molecule is C.C.C.C.C.C.C.C.C.C.C.C.C.C1=CCNC1.C1=CNC=CC1.C1=CNCC1.C1=NCCN1.C1=NNCC1.C1CCNCC1.C1CNCN1.CC.CC.CC.CC.CC.CC.CC.CC.CC.CC.CC.CC.CC.CC.CC.CC.CC.CC.CC.CC.CC.CC.CC.CC.CC.CC.CC.CC.c1c[nH]cn1.c1cc[nH]c1.c1ccncc1.c1ccnnc1.c1cn[nH]c1.c1cnccn1.c1cncnc1. The first kappa shape index (κ1) is 275. The van der Waals surface area contributed by atoms with Crippen LogP contribution in [0.4, 0.5) is 0 Å². The number of rotatable bonds is 0. The average molecular weight is 2090 g/mol. The van der Waals surface area contributed by atoms with Gasteiger partial charge in [0.25, 0.3) is 0 Å². The Hall–Kier alpha value is -8.57. The molecule has 0 bridgehead atoms. The maximum absolute atomic E-state index is 3.85. The number of aromatic amines is 3. The van der Waals surface area contributed by atoms with Crippen molar-refractivity contribution in [3.63, 3.8) is 0 Å². The number of allylic oxidation sites excluding steroid dienone is 2. The molecule has 11 N–H and O–H groups in total. The van der Waals surface area contributed by atoms with Crippen molar-refractivity contribution in [1.29, 1.82) is 0 Å². The highest BCUT2D eigenvalue weighted by atomic mass is 15.3. The highest BCUT2D eigenvalue weighted by molar-refractivity contribution is 5.58. The molecular weight excluding hydrogens is 1790 g/mol. The van der Waals surface area contributed by atoms with Crippen LogP contribution in [0.1, 0.15) is 523 Å². The molecule has 2 fully saturated rings. The molecule has 0 spiro atoms. The van der Waals surface area contributed by atoms with E-state index >= 15 is 0 Å². The van der Waals surface area contributed by atoms with Crippen LogP contribution in [0.2, 0.25) is 0 Å². The molecule has 0 saturated carbocycles. The largest absolute Gasteiger partial charge is 0.391 e. The molecule has 14 rings (SSSR count). The van der Waals surface area contributed by atoms with Crippen LogP contribution in [0, 0.1) is 0 Å². The molecule has 14 heterocycles. The minimum absolute atomic E-state index is 0. The summed E-state index contributed by atoms with van der Waals surface area (Å²) < 4.78 is 0. The van der Waals surface area contributed by atoms with Crippen molar-refractivity contribution < 1.29 is 0 Å². The van der Waals surface area contributed by atoms with Crippen molar-refractivity contribution in [2.45, 2.75) is 523 Å². The summed E-state index contributed by atoms with van der Waals surface area (Å²) in [6, 6.07) is 16.9. The molecule has 0 aliphatic carbocycles. The number of hydrogen-bond donors (Lipinski definition) is 11. The van der Waals surface area contributed by atoms with Crippen LogP contribution in [-0.2, 0) is 0 Å². The van der Waals surface area contributed by atoms with Crippen LogP contribution in [0.25, 0.3) is 0 Å². The molecule has 7 aromatic heterocycles. The van der Waals surface area contributed by atoms with Gasteiger partial charge in [-0.2, -0.15) is 20.4 Å². The van der Waals surface area contributed by atoms with Gasteiger partial charge >= 0.3 is 0 Å². The monoisotopic (exact) mass is 2090 g/mol. The maximum atomic E-state index is 3.85. The summed E-state index contributed by atoms with van der Waals surface area (Å²) in [5, 5.41) is 38.5. The van der Waals surface area contributed by atoms with Crippen LogP contribution in [0.3, 0.4) is 0 Å². The third kappa shape index (κ3) is 530. The number of hydrazone groups is 1. The Morgan fingerprint density at radius 2 is 0.593 bits per heavy atom. The summed E-state index contributed by atoms with van der Waals surface area (Å²) in [6.45, 7) is 124. The van der Waals surface area contributed by atoms with Crippen LogP contribution in [-0.4, -0.2) is 145 Å². The summed E-state index contributed by atoms with van der Waals surface area (Å²) in [7, 11) is 0. The molecule has 7 aliphatic heterocycles. The first-order valence-electron chi connectivity index (χ1n) is 53.3. The summed E-state index contributed by atoms with van der Waals surface area (Å²) in [4.78, 5) is 31.7. The molecule has 22 heteroatoms. The molecule has 0 aromatic carbocycles. The Bertz CT molecular complexity index is 1700. The van der Waals surface area contributed by atoms with Gasteiger partial charge in [0.1, 0.15) is 6.33 Å². The van der Waals surface area contributed by atoms with Crippen LogP contribution in [0.5, 0.6) is 0 Å². The highest BCUT2D eigenvalue weighted by Gasteiger charge is 1.94. The Labute approximate surface area is 930 Å². The lowest BCUT2D eigenvalue weighted by atomic mass is 10.2. The number of imidazole rings is 1. The van der Waals surface area contributed by atoms with Gasteiger partial charge in [-0.25, -0.2) is 15.0 Å². The van der Waals surface area contributed by atoms with Gasteiger partial charge in [0.05, 0.1) is 19.2 Å². The van der Waals surface area contributed by atoms with E-state index in [1.54, 1.807) is 105 Å². The Balaban J connectivity index is -0.0000000197. The number of nitrogens with one attached hydrogen (secondary N) is 11. The predicted molar refractivity (Wildman–Crippen MR) is 713 cm³/mol. The van der Waals surface area contributed by atoms with Gasteiger partial charge in [-0.05, 0) is 106 Å². The van der Waals surface area contributed by atoms with E-state index in [4.69, 9.17) is 0 Å². The van der Waals surface area contributed by atoms with E-state index in [-0.39, 0.29) is 96.5 Å². The topological polar surface area (TPSA) is 284 Å². The number of piperidine rings is 1. The summed E-state index contributed by atoms with van der Waals surface area (Å²) >= 11 is 0. The molecule has 2 saturated heterocycles. The molecule has 7 aliphatic rings. The second-order valence-corrected chi connectivity index (χ2v) is 14.6. The van der Waals surface area contributed by atoms with Crippen molar-refractivity contribution in [2.75, 3.05) is 72.1 Å². The highest BCUT2D eigenvalue weighted by Crippen LogP contribution is 1.96. The lowest BCUT2D eigenvalue weighted by Crippen LogP contribution is -2.21. The molecule has 145 heavy (non-hydrogen) atoms. The molecule has 0 amide bonds. The zero-order valence-corrected chi connectivity index (χ0v) is 99.8. The lowest BCUT2D eigenvalue weighted by molar-refractivity contribution is 0.520. The Morgan fingerprint density at radius 3 is 0.690 bits per heavy atom. The fourth-order valence-electron chi connectivity index (χ4n) is 4.91. The quantitative estimate of drug-likeness (QED) is 0.0630. The first-order chi connectivity index (χ1) is 66.0. The van der Waals surface area contributed by atoms with E-state index in [0.717, 1.165) is 71.9 Å². The van der Waals surface area contributed by atoms with Gasteiger partial charge in [0, 0.05) is 164 Å². The van der Waals surface area contributed by atoms with Crippen molar-refractivity contribution in [3.8, 4) is 0 Å². The number of H-pyrrole nitrogens is 3. The molecule has 0 unspecified atom stereocenters. The van der Waals surface area contributed by atoms with Gasteiger partial charge in [-0.1, -0.05) is 527 Å². The third-order valence-corrected chi connectivity index (χ3v) is 8.47. The van der Waals surface area contributed by atoms with E-state index in [0.29, 0.717) is 0 Å². The molecule has 22 nitrogen and oxygen atoms in total. The number of aliphatic imine (C=N–C) groups is 1. The van der Waals surface area contributed by atoms with Crippen LogP contribution >= 0.6 is 0 Å². The number of pyridine rings is 1.